The lowest BCUT2D eigenvalue weighted by atomic mass is 9.97. The van der Waals surface area contributed by atoms with Gasteiger partial charge in [-0.1, -0.05) is 6.42 Å². The topological polar surface area (TPSA) is 41.9 Å². The smallest absolute Gasteiger partial charge is 0.161 e. The predicted molar refractivity (Wildman–Crippen MR) is 81.9 cm³/mol. The molecule has 4 heteroatoms. The molecule has 1 saturated carbocycles. The summed E-state index contributed by atoms with van der Waals surface area (Å²) in [5.74, 6) is 2.07. The van der Waals surface area contributed by atoms with Gasteiger partial charge in [-0.15, -0.1) is 0 Å². The van der Waals surface area contributed by atoms with E-state index in [1.54, 1.807) is 14.2 Å². The number of nitrogens with zero attached hydrogens (tertiary/aromatic N) is 1. The fraction of sp³-hybridized carbons (Fsp3) is 0.647. The highest BCUT2D eigenvalue weighted by Gasteiger charge is 2.28. The van der Waals surface area contributed by atoms with E-state index in [0.29, 0.717) is 5.92 Å². The molecular weight excluding hydrogens is 266 g/mol. The van der Waals surface area contributed by atoms with Gasteiger partial charge in [0.1, 0.15) is 0 Å². The van der Waals surface area contributed by atoms with Crippen molar-refractivity contribution in [2.45, 2.75) is 38.3 Å². The first-order chi connectivity index (χ1) is 10.2. The Morgan fingerprint density at radius 3 is 2.48 bits per heavy atom. The molecule has 0 radical (unpaired) electrons. The number of aliphatic hydroxyl groups excluding tert-OH is 1. The minimum absolute atomic E-state index is 0.100. The second-order valence-corrected chi connectivity index (χ2v) is 6.22. The molecule has 2 unspecified atom stereocenters. The number of benzene rings is 1. The monoisotopic (exact) mass is 291 g/mol. The largest absolute Gasteiger partial charge is 0.493 e. The van der Waals surface area contributed by atoms with Gasteiger partial charge < -0.3 is 14.6 Å². The maximum atomic E-state index is 10.0. The lowest BCUT2D eigenvalue weighted by molar-refractivity contribution is 0.0974. The molecule has 1 N–H and O–H groups in total. The Labute approximate surface area is 126 Å². The highest BCUT2D eigenvalue weighted by molar-refractivity contribution is 5.48. The van der Waals surface area contributed by atoms with Gasteiger partial charge in [-0.3, -0.25) is 4.90 Å². The van der Waals surface area contributed by atoms with Crippen LogP contribution in [0.15, 0.2) is 12.1 Å². The third kappa shape index (κ3) is 3.01. The van der Waals surface area contributed by atoms with E-state index in [1.165, 1.54) is 17.5 Å². The zero-order valence-corrected chi connectivity index (χ0v) is 13.0. The molecule has 1 aromatic rings. The van der Waals surface area contributed by atoms with Gasteiger partial charge in [0.2, 0.25) is 0 Å². The lowest BCUT2D eigenvalue weighted by Gasteiger charge is -2.32. The Morgan fingerprint density at radius 2 is 1.86 bits per heavy atom. The van der Waals surface area contributed by atoms with Gasteiger partial charge in [-0.25, -0.2) is 0 Å². The molecule has 1 aliphatic carbocycles. The van der Waals surface area contributed by atoms with E-state index in [9.17, 15) is 5.11 Å². The molecule has 2 aliphatic rings. The van der Waals surface area contributed by atoms with E-state index in [2.05, 4.69) is 17.0 Å². The molecule has 1 heterocycles. The summed E-state index contributed by atoms with van der Waals surface area (Å²) in [6, 6.07) is 4.21. The van der Waals surface area contributed by atoms with Crippen LogP contribution in [0, 0.1) is 5.92 Å². The van der Waals surface area contributed by atoms with E-state index in [4.69, 9.17) is 9.47 Å². The average molecular weight is 291 g/mol. The molecular formula is C17H25NO3. The Kier molecular flexibility index (Phi) is 4.36. The fourth-order valence-electron chi connectivity index (χ4n) is 3.66. The Bertz CT molecular complexity index is 503. The summed E-state index contributed by atoms with van der Waals surface area (Å²) in [7, 11) is 3.36. The zero-order chi connectivity index (χ0) is 14.8. The van der Waals surface area contributed by atoms with Crippen molar-refractivity contribution >= 4 is 0 Å². The number of rotatable bonds is 4. The van der Waals surface area contributed by atoms with Gasteiger partial charge in [0.25, 0.3) is 0 Å². The van der Waals surface area contributed by atoms with Gasteiger partial charge in [-0.05, 0) is 48.4 Å². The molecule has 1 aromatic carbocycles. The van der Waals surface area contributed by atoms with Gasteiger partial charge in [-0.2, -0.15) is 0 Å². The molecule has 0 aromatic heterocycles. The van der Waals surface area contributed by atoms with Gasteiger partial charge in [0.05, 0.1) is 20.3 Å². The SMILES string of the molecule is COc1cc2c(cc1OC)CN(CC1CCCC1O)CC2. The summed E-state index contributed by atoms with van der Waals surface area (Å²) in [6.07, 6.45) is 4.24. The van der Waals surface area contributed by atoms with Crippen molar-refractivity contribution in [2.75, 3.05) is 27.3 Å². The van der Waals surface area contributed by atoms with Gasteiger partial charge in [0, 0.05) is 19.6 Å². The quantitative estimate of drug-likeness (QED) is 0.923. The van der Waals surface area contributed by atoms with Crippen molar-refractivity contribution in [3.05, 3.63) is 23.3 Å². The number of ether oxygens (including phenoxy) is 2. The highest BCUT2D eigenvalue weighted by atomic mass is 16.5. The van der Waals surface area contributed by atoms with Crippen molar-refractivity contribution in [1.82, 2.24) is 4.90 Å². The van der Waals surface area contributed by atoms with Crippen LogP contribution in [0.25, 0.3) is 0 Å². The molecule has 0 spiro atoms. The highest BCUT2D eigenvalue weighted by Crippen LogP contribution is 2.34. The molecule has 116 valence electrons. The Hall–Kier alpha value is -1.26. The van der Waals surface area contributed by atoms with Crippen LogP contribution >= 0.6 is 0 Å². The number of methoxy groups -OCH3 is 2. The van der Waals surface area contributed by atoms with Crippen LogP contribution in [0.4, 0.5) is 0 Å². The Morgan fingerprint density at radius 1 is 1.14 bits per heavy atom. The summed E-state index contributed by atoms with van der Waals surface area (Å²) >= 11 is 0. The summed E-state index contributed by atoms with van der Waals surface area (Å²) in [5, 5.41) is 10.0. The van der Waals surface area contributed by atoms with Crippen molar-refractivity contribution in [2.24, 2.45) is 5.92 Å². The molecule has 0 saturated heterocycles. The molecule has 21 heavy (non-hydrogen) atoms. The van der Waals surface area contributed by atoms with Crippen molar-refractivity contribution in [1.29, 1.82) is 0 Å². The maximum Gasteiger partial charge on any atom is 0.161 e. The van der Waals surface area contributed by atoms with E-state index in [0.717, 1.165) is 50.4 Å². The molecule has 2 atom stereocenters. The van der Waals surface area contributed by atoms with Crippen molar-refractivity contribution in [3.8, 4) is 11.5 Å². The number of hydrogen-bond donors (Lipinski definition) is 1. The first kappa shape index (κ1) is 14.7. The first-order valence-corrected chi connectivity index (χ1v) is 7.85. The standard InChI is InChI=1S/C17H25NO3/c1-20-16-8-12-6-7-18(10-13-4-3-5-15(13)19)11-14(12)9-17(16)21-2/h8-9,13,15,19H,3-7,10-11H2,1-2H3. The average Bonchev–Trinajstić information content (AvgIpc) is 2.91. The van der Waals surface area contributed by atoms with Gasteiger partial charge in [0.15, 0.2) is 11.5 Å². The summed E-state index contributed by atoms with van der Waals surface area (Å²) in [6.45, 7) is 3.01. The predicted octanol–water partition coefficient (Wildman–Crippen LogP) is 2.22. The van der Waals surface area contributed by atoms with Crippen LogP contribution in [-0.4, -0.2) is 43.4 Å². The van der Waals surface area contributed by atoms with E-state index in [1.807, 2.05) is 0 Å². The number of hydrogen-bond acceptors (Lipinski definition) is 4. The zero-order valence-electron chi connectivity index (χ0n) is 13.0. The number of aliphatic hydroxyl groups is 1. The number of fused-ring (bicyclic) bond motifs is 1. The maximum absolute atomic E-state index is 10.0. The molecule has 3 rings (SSSR count). The third-order valence-electron chi connectivity index (χ3n) is 4.91. The fourth-order valence-corrected chi connectivity index (χ4v) is 3.66. The molecule has 1 fully saturated rings. The van der Waals surface area contributed by atoms with E-state index in [-0.39, 0.29) is 6.10 Å². The minimum atomic E-state index is -0.100. The van der Waals surface area contributed by atoms with Crippen molar-refractivity contribution < 1.29 is 14.6 Å². The normalized spacial score (nSPS) is 25.7. The Balaban J connectivity index is 1.72. The summed E-state index contributed by atoms with van der Waals surface area (Å²) < 4.78 is 10.8. The second kappa shape index (κ2) is 6.24. The van der Waals surface area contributed by atoms with Crippen LogP contribution in [0.2, 0.25) is 0 Å². The van der Waals surface area contributed by atoms with Crippen LogP contribution < -0.4 is 9.47 Å². The molecule has 4 nitrogen and oxygen atoms in total. The molecule has 0 bridgehead atoms. The first-order valence-electron chi connectivity index (χ1n) is 7.85. The van der Waals surface area contributed by atoms with Crippen LogP contribution in [0.3, 0.4) is 0 Å². The van der Waals surface area contributed by atoms with Crippen molar-refractivity contribution in [3.63, 3.8) is 0 Å². The minimum Gasteiger partial charge on any atom is -0.493 e. The molecule has 0 amide bonds. The lowest BCUT2D eigenvalue weighted by Crippen LogP contribution is -2.36. The second-order valence-electron chi connectivity index (χ2n) is 6.22. The third-order valence-corrected chi connectivity index (χ3v) is 4.91. The van der Waals surface area contributed by atoms with Crippen LogP contribution in [0.1, 0.15) is 30.4 Å². The van der Waals surface area contributed by atoms with E-state index >= 15 is 0 Å². The summed E-state index contributed by atoms with van der Waals surface area (Å²) in [4.78, 5) is 2.47. The van der Waals surface area contributed by atoms with Crippen LogP contribution in [-0.2, 0) is 13.0 Å². The van der Waals surface area contributed by atoms with Crippen LogP contribution in [0.5, 0.6) is 11.5 Å². The van der Waals surface area contributed by atoms with Gasteiger partial charge >= 0.3 is 0 Å². The molecule has 1 aliphatic heterocycles. The summed E-state index contributed by atoms with van der Waals surface area (Å²) in [5.41, 5.74) is 2.68. The van der Waals surface area contributed by atoms with E-state index < -0.39 is 0 Å².